The molecule has 7 aromatic carbocycles. The third-order valence-electron chi connectivity index (χ3n) is 9.73. The van der Waals surface area contributed by atoms with Crippen molar-refractivity contribution in [3.05, 3.63) is 182 Å². The monoisotopic (exact) mass is 638 g/mol. The van der Waals surface area contributed by atoms with Gasteiger partial charge in [-0.05, 0) is 47.5 Å². The highest BCUT2D eigenvalue weighted by molar-refractivity contribution is 6.26. The SMILES string of the molecule is c1ccc(-c2cccc(-n3c4ccccc4c4c3ccc3c5ccccc5n(-c5nc(-c6ccccc6)cc(-c6ccccc6)n5)c34)c2)cc1. The molecule has 0 saturated carbocycles. The standard InChI is InChI=1S/C46H30N4/c1-4-15-31(16-5-1)34-21-14-22-35(29-34)49-42-26-13-11-24-38(42)44-43(49)28-27-37-36-23-10-12-25-41(36)50(45(37)44)46-47-39(32-17-6-2-7-18-32)30-40(48-46)33-19-8-3-9-20-33/h1-30H. The van der Waals surface area contributed by atoms with Crippen molar-refractivity contribution >= 4 is 43.6 Å². The highest BCUT2D eigenvalue weighted by Crippen LogP contribution is 2.42. The van der Waals surface area contributed by atoms with Gasteiger partial charge >= 0.3 is 0 Å². The van der Waals surface area contributed by atoms with Crippen molar-refractivity contribution in [2.75, 3.05) is 0 Å². The van der Waals surface area contributed by atoms with Gasteiger partial charge in [0.05, 0.1) is 33.5 Å². The molecule has 10 aromatic rings. The predicted molar refractivity (Wildman–Crippen MR) is 207 cm³/mol. The van der Waals surface area contributed by atoms with Crippen LogP contribution in [0.5, 0.6) is 0 Å². The molecule has 3 heterocycles. The van der Waals surface area contributed by atoms with Crippen molar-refractivity contribution in [2.45, 2.75) is 0 Å². The van der Waals surface area contributed by atoms with Crippen LogP contribution in [0.2, 0.25) is 0 Å². The Morgan fingerprint density at radius 2 is 0.880 bits per heavy atom. The zero-order valence-corrected chi connectivity index (χ0v) is 27.1. The van der Waals surface area contributed by atoms with Crippen LogP contribution in [0.15, 0.2) is 182 Å². The topological polar surface area (TPSA) is 35.6 Å². The van der Waals surface area contributed by atoms with Gasteiger partial charge in [0.15, 0.2) is 0 Å². The van der Waals surface area contributed by atoms with Crippen molar-refractivity contribution < 1.29 is 0 Å². The smallest absolute Gasteiger partial charge is 0.235 e. The molecule has 0 aliphatic heterocycles. The van der Waals surface area contributed by atoms with Crippen LogP contribution in [0.25, 0.3) is 88.9 Å². The third-order valence-corrected chi connectivity index (χ3v) is 9.73. The summed E-state index contributed by atoms with van der Waals surface area (Å²) in [6.07, 6.45) is 0. The fourth-order valence-corrected chi connectivity index (χ4v) is 7.50. The molecule has 0 aliphatic carbocycles. The summed E-state index contributed by atoms with van der Waals surface area (Å²) < 4.78 is 4.68. The molecule has 234 valence electrons. The van der Waals surface area contributed by atoms with E-state index in [0.29, 0.717) is 5.95 Å². The zero-order chi connectivity index (χ0) is 33.0. The molecule has 0 bridgehead atoms. The second kappa shape index (κ2) is 11.4. The molecule has 10 rings (SSSR count). The maximum absolute atomic E-state index is 5.31. The van der Waals surface area contributed by atoms with E-state index in [0.717, 1.165) is 50.3 Å². The average Bonchev–Trinajstić information content (AvgIpc) is 3.72. The van der Waals surface area contributed by atoms with Crippen LogP contribution in [-0.4, -0.2) is 19.1 Å². The number of hydrogen-bond acceptors (Lipinski definition) is 2. The molecule has 0 aliphatic rings. The molecule has 0 spiro atoms. The average molecular weight is 639 g/mol. The van der Waals surface area contributed by atoms with Gasteiger partial charge in [-0.25, -0.2) is 9.97 Å². The number of rotatable bonds is 5. The summed E-state index contributed by atoms with van der Waals surface area (Å²) in [7, 11) is 0. The van der Waals surface area contributed by atoms with Crippen LogP contribution in [0, 0.1) is 0 Å². The maximum Gasteiger partial charge on any atom is 0.235 e. The molecular weight excluding hydrogens is 609 g/mol. The van der Waals surface area contributed by atoms with E-state index in [9.17, 15) is 0 Å². The Morgan fingerprint density at radius 1 is 0.340 bits per heavy atom. The minimum atomic E-state index is 0.645. The van der Waals surface area contributed by atoms with Crippen molar-refractivity contribution in [3.8, 4) is 45.3 Å². The highest BCUT2D eigenvalue weighted by Gasteiger charge is 2.22. The van der Waals surface area contributed by atoms with Gasteiger partial charge in [-0.1, -0.05) is 146 Å². The van der Waals surface area contributed by atoms with Crippen molar-refractivity contribution in [1.29, 1.82) is 0 Å². The zero-order valence-electron chi connectivity index (χ0n) is 27.1. The lowest BCUT2D eigenvalue weighted by atomic mass is 10.1. The molecule has 4 heteroatoms. The molecule has 3 aromatic heterocycles. The molecule has 50 heavy (non-hydrogen) atoms. The normalized spacial score (nSPS) is 11.6. The first kappa shape index (κ1) is 28.3. The van der Waals surface area contributed by atoms with Crippen LogP contribution in [-0.2, 0) is 0 Å². The summed E-state index contributed by atoms with van der Waals surface area (Å²) in [4.78, 5) is 10.6. The molecule has 0 saturated heterocycles. The van der Waals surface area contributed by atoms with E-state index in [1.807, 2.05) is 12.1 Å². The van der Waals surface area contributed by atoms with Crippen molar-refractivity contribution in [2.24, 2.45) is 0 Å². The lowest BCUT2D eigenvalue weighted by Crippen LogP contribution is -2.04. The Bertz CT molecular complexity index is 2790. The van der Waals surface area contributed by atoms with E-state index in [-0.39, 0.29) is 0 Å². The number of aromatic nitrogens is 4. The molecular formula is C46H30N4. The van der Waals surface area contributed by atoms with Gasteiger partial charge in [0.25, 0.3) is 0 Å². The Labute approximate surface area is 289 Å². The second-order valence-electron chi connectivity index (χ2n) is 12.6. The minimum Gasteiger partial charge on any atom is -0.309 e. The largest absolute Gasteiger partial charge is 0.309 e. The first-order valence-electron chi connectivity index (χ1n) is 16.9. The molecule has 0 N–H and O–H groups in total. The van der Waals surface area contributed by atoms with Crippen molar-refractivity contribution in [3.63, 3.8) is 0 Å². The summed E-state index contributed by atoms with van der Waals surface area (Å²) in [5, 5.41) is 4.70. The molecule has 0 fully saturated rings. The number of benzene rings is 7. The fraction of sp³-hybridized carbons (Fsp3) is 0. The van der Waals surface area contributed by atoms with E-state index in [1.165, 1.54) is 32.7 Å². The quantitative estimate of drug-likeness (QED) is 0.188. The minimum absolute atomic E-state index is 0.645. The van der Waals surface area contributed by atoms with Gasteiger partial charge in [0.1, 0.15) is 0 Å². The van der Waals surface area contributed by atoms with Gasteiger partial charge in [-0.2, -0.15) is 0 Å². The third kappa shape index (κ3) is 4.46. The number of hydrogen-bond donors (Lipinski definition) is 0. The van der Waals surface area contributed by atoms with Crippen molar-refractivity contribution in [1.82, 2.24) is 19.1 Å². The van der Waals surface area contributed by atoms with Gasteiger partial charge in [-0.15, -0.1) is 0 Å². The maximum atomic E-state index is 5.31. The Hall–Kier alpha value is -6.78. The Balaban J connectivity index is 1.32. The molecule has 0 unspecified atom stereocenters. The first-order valence-corrected chi connectivity index (χ1v) is 16.9. The summed E-state index contributed by atoms with van der Waals surface area (Å²) in [5.41, 5.74) is 11.8. The molecule has 0 atom stereocenters. The fourth-order valence-electron chi connectivity index (χ4n) is 7.50. The number of fused-ring (bicyclic) bond motifs is 7. The number of nitrogens with zero attached hydrogens (tertiary/aromatic N) is 4. The Kier molecular flexibility index (Phi) is 6.46. The van der Waals surface area contributed by atoms with Crippen LogP contribution in [0.3, 0.4) is 0 Å². The molecule has 4 nitrogen and oxygen atoms in total. The summed E-state index contributed by atoms with van der Waals surface area (Å²) in [6, 6.07) is 64.2. The number of para-hydroxylation sites is 2. The lowest BCUT2D eigenvalue weighted by Gasteiger charge is -2.13. The summed E-state index contributed by atoms with van der Waals surface area (Å²) in [6.45, 7) is 0. The lowest BCUT2D eigenvalue weighted by molar-refractivity contribution is 0.998. The van der Waals surface area contributed by atoms with Gasteiger partial charge in [0.2, 0.25) is 5.95 Å². The Morgan fingerprint density at radius 3 is 1.54 bits per heavy atom. The second-order valence-corrected chi connectivity index (χ2v) is 12.6. The van der Waals surface area contributed by atoms with Crippen LogP contribution in [0.1, 0.15) is 0 Å². The van der Waals surface area contributed by atoms with E-state index in [1.54, 1.807) is 0 Å². The predicted octanol–water partition coefficient (Wildman–Crippen LogP) is 11.7. The first-order chi connectivity index (χ1) is 24.8. The van der Waals surface area contributed by atoms with E-state index < -0.39 is 0 Å². The van der Waals surface area contributed by atoms with E-state index >= 15 is 0 Å². The van der Waals surface area contributed by atoms with E-state index in [2.05, 4.69) is 179 Å². The van der Waals surface area contributed by atoms with E-state index in [4.69, 9.17) is 9.97 Å². The van der Waals surface area contributed by atoms with Gasteiger partial charge in [0, 0.05) is 38.4 Å². The van der Waals surface area contributed by atoms with Gasteiger partial charge in [-0.3, -0.25) is 4.57 Å². The highest BCUT2D eigenvalue weighted by atomic mass is 15.2. The van der Waals surface area contributed by atoms with Gasteiger partial charge < -0.3 is 4.57 Å². The molecule has 0 amide bonds. The molecule has 0 radical (unpaired) electrons. The summed E-state index contributed by atoms with van der Waals surface area (Å²) in [5.74, 6) is 0.645. The van der Waals surface area contributed by atoms with Crippen LogP contribution < -0.4 is 0 Å². The van der Waals surface area contributed by atoms with Crippen LogP contribution in [0.4, 0.5) is 0 Å². The summed E-state index contributed by atoms with van der Waals surface area (Å²) >= 11 is 0. The van der Waals surface area contributed by atoms with Crippen LogP contribution >= 0.6 is 0 Å².